The summed E-state index contributed by atoms with van der Waals surface area (Å²) in [6.07, 6.45) is 0. The van der Waals surface area contributed by atoms with Crippen LogP contribution in [0, 0.1) is 10.1 Å². The highest BCUT2D eigenvalue weighted by Gasteiger charge is 2.42. The van der Waals surface area contributed by atoms with Crippen molar-refractivity contribution in [3.05, 3.63) is 196 Å². The number of amides is 4. The number of piperazine rings is 2. The fourth-order valence-corrected chi connectivity index (χ4v) is 11.8. The molecule has 21 heteroatoms. The number of non-ortho nitro benzene ring substituents is 1. The van der Waals surface area contributed by atoms with Gasteiger partial charge in [0.2, 0.25) is 31.9 Å². The number of nitro benzene ring substituents is 1. The van der Waals surface area contributed by atoms with Crippen molar-refractivity contribution in [3.8, 4) is 11.5 Å². The molecule has 2 aliphatic heterocycles. The van der Waals surface area contributed by atoms with Gasteiger partial charge in [0, 0.05) is 81.7 Å². The molecule has 0 saturated carbocycles. The Labute approximate surface area is 448 Å². The number of carbonyl (C=O) groups is 4. The minimum absolute atomic E-state index is 0.00182. The molecule has 0 aliphatic carbocycles. The number of methoxy groups -OCH3 is 2. The van der Waals surface area contributed by atoms with Crippen LogP contribution < -0.4 is 20.1 Å². The van der Waals surface area contributed by atoms with Crippen LogP contribution in [-0.4, -0.2) is 142 Å². The zero-order valence-corrected chi connectivity index (χ0v) is 44.6. The van der Waals surface area contributed by atoms with Crippen molar-refractivity contribution in [1.82, 2.24) is 29.0 Å². The maximum Gasteiger partial charge on any atom is 0.269 e. The lowest BCUT2D eigenvalue weighted by Gasteiger charge is -2.40. The summed E-state index contributed by atoms with van der Waals surface area (Å²) in [6.45, 7) is 4.27. The fraction of sp³-hybridized carbons (Fsp3) is 0.286. The van der Waals surface area contributed by atoms with Gasteiger partial charge in [0.1, 0.15) is 12.1 Å². The molecule has 19 nitrogen and oxygen atoms in total. The number of ether oxygens (including phenoxy) is 2. The number of benzene rings is 6. The predicted octanol–water partition coefficient (Wildman–Crippen LogP) is 6.17. The average molecular weight is 1090 g/mol. The number of nitrogens with zero attached hydrogens (tertiary/aromatic N) is 5. The van der Waals surface area contributed by atoms with Crippen LogP contribution in [-0.2, 0) is 29.6 Å². The zero-order chi connectivity index (χ0) is 55.3. The Balaban J connectivity index is 0.000000224. The molecule has 0 radical (unpaired) electrons. The molecule has 0 bridgehead atoms. The molecule has 6 aromatic rings. The monoisotopic (exact) mass is 1090 g/mol. The quantitative estimate of drug-likeness (QED) is 0.0771. The van der Waals surface area contributed by atoms with Crippen LogP contribution in [0.3, 0.4) is 0 Å². The van der Waals surface area contributed by atoms with Gasteiger partial charge in [-0.25, -0.2) is 16.8 Å². The number of nitro groups is 1. The molecule has 2 N–H and O–H groups in total. The Kier molecular flexibility index (Phi) is 18.9. The second-order valence-corrected chi connectivity index (χ2v) is 22.2. The molecule has 8 rings (SSSR count). The van der Waals surface area contributed by atoms with E-state index >= 15 is 0 Å². The first-order valence-corrected chi connectivity index (χ1v) is 27.7. The molecule has 2 aliphatic rings. The van der Waals surface area contributed by atoms with Gasteiger partial charge in [0.25, 0.3) is 17.5 Å². The average Bonchev–Trinajstić information content (AvgIpc) is 3.48. The number of rotatable bonds is 17. The molecule has 4 unspecified atom stereocenters. The third-order valence-electron chi connectivity index (χ3n) is 13.4. The van der Waals surface area contributed by atoms with Gasteiger partial charge in [-0.15, -0.1) is 0 Å². The van der Waals surface area contributed by atoms with Crippen molar-refractivity contribution in [2.75, 3.05) is 66.6 Å². The van der Waals surface area contributed by atoms with Crippen LogP contribution in [0.25, 0.3) is 0 Å². The smallest absolute Gasteiger partial charge is 0.269 e. The number of carbonyl (C=O) groups excluding carboxylic acids is 4. The van der Waals surface area contributed by atoms with Gasteiger partial charge in [-0.2, -0.15) is 8.61 Å². The van der Waals surface area contributed by atoms with Crippen LogP contribution >= 0.6 is 0 Å². The summed E-state index contributed by atoms with van der Waals surface area (Å²) in [5.41, 5.74) is 2.71. The van der Waals surface area contributed by atoms with E-state index in [1.807, 2.05) is 74.5 Å². The summed E-state index contributed by atoms with van der Waals surface area (Å²) >= 11 is 0. The van der Waals surface area contributed by atoms with Crippen molar-refractivity contribution in [2.24, 2.45) is 0 Å². The normalized spacial score (nSPS) is 16.9. The standard InChI is InChI=1S/C29H33N3O6S.C27H28N4O6S/c1-21(22-10-6-4-7-11-22)19-30-28(33)25-20-31(16-17-32(25)29(34)23-12-8-5-9-13-23)39(35,36)24-14-15-26(37-2)27(18-24)38-3;1-20(21-8-4-2-5-9-21)18-28-26(32)25-19-29(16-17-30(25)27(33)22-10-6-3-7-11-22)38(36,37)24-14-12-23(13-15-24)31(34)35/h4-15,18,21,25H,16-17,19-20H2,1-3H3,(H,30,33);2-15,20,25H,16-19H2,1H3,(H,28,32). The number of nitrogens with one attached hydrogen (secondary N) is 2. The van der Waals surface area contributed by atoms with E-state index in [0.717, 1.165) is 27.6 Å². The fourth-order valence-electron chi connectivity index (χ4n) is 8.94. The molecule has 0 aromatic heterocycles. The van der Waals surface area contributed by atoms with Crippen molar-refractivity contribution in [1.29, 1.82) is 0 Å². The topological polar surface area (TPSA) is 235 Å². The summed E-state index contributed by atoms with van der Waals surface area (Å²) < 4.78 is 66.8. The van der Waals surface area contributed by atoms with Crippen LogP contribution in [0.1, 0.15) is 57.5 Å². The van der Waals surface area contributed by atoms with Gasteiger partial charge in [-0.3, -0.25) is 29.3 Å². The maximum absolute atomic E-state index is 13.6. The largest absolute Gasteiger partial charge is 0.493 e. The molecule has 2 fully saturated rings. The zero-order valence-electron chi connectivity index (χ0n) is 43.0. The first kappa shape index (κ1) is 56.7. The minimum atomic E-state index is -4.07. The highest BCUT2D eigenvalue weighted by molar-refractivity contribution is 7.89. The van der Waals surface area contributed by atoms with Gasteiger partial charge in [-0.05, 0) is 71.5 Å². The van der Waals surface area contributed by atoms with Crippen molar-refractivity contribution in [2.45, 2.75) is 47.6 Å². The Hall–Kier alpha value is -7.98. The second kappa shape index (κ2) is 25.7. The van der Waals surface area contributed by atoms with E-state index in [9.17, 15) is 46.1 Å². The van der Waals surface area contributed by atoms with Gasteiger partial charge >= 0.3 is 0 Å². The molecular weight excluding hydrogens is 1030 g/mol. The predicted molar refractivity (Wildman–Crippen MR) is 288 cm³/mol. The minimum Gasteiger partial charge on any atom is -0.493 e. The number of hydrogen-bond donors (Lipinski definition) is 2. The Morgan fingerprint density at radius 2 is 0.922 bits per heavy atom. The second-order valence-electron chi connectivity index (χ2n) is 18.4. The Morgan fingerprint density at radius 3 is 1.31 bits per heavy atom. The summed E-state index contributed by atoms with van der Waals surface area (Å²) in [5, 5.41) is 16.8. The van der Waals surface area contributed by atoms with E-state index in [1.54, 1.807) is 60.7 Å². The van der Waals surface area contributed by atoms with Gasteiger partial charge in [-0.1, -0.05) is 111 Å². The Bertz CT molecular complexity index is 3230. The van der Waals surface area contributed by atoms with Crippen molar-refractivity contribution in [3.63, 3.8) is 0 Å². The highest BCUT2D eigenvalue weighted by atomic mass is 32.2. The van der Waals surface area contributed by atoms with E-state index in [0.29, 0.717) is 30.0 Å². The molecular formula is C56H61N7O12S2. The summed E-state index contributed by atoms with van der Waals surface area (Å²) in [6, 6.07) is 43.5. The third kappa shape index (κ3) is 13.7. The molecule has 0 spiro atoms. The maximum atomic E-state index is 13.6. The molecule has 77 heavy (non-hydrogen) atoms. The summed E-state index contributed by atoms with van der Waals surface area (Å²) in [7, 11) is -5.16. The van der Waals surface area contributed by atoms with Crippen LogP contribution in [0.15, 0.2) is 174 Å². The highest BCUT2D eigenvalue weighted by Crippen LogP contribution is 2.32. The van der Waals surface area contributed by atoms with Gasteiger partial charge in [0.05, 0.1) is 28.9 Å². The lowest BCUT2D eigenvalue weighted by atomic mass is 10.0. The summed E-state index contributed by atoms with van der Waals surface area (Å²) in [4.78, 5) is 66.7. The molecule has 2 saturated heterocycles. The van der Waals surface area contributed by atoms with Crippen molar-refractivity contribution < 1.29 is 50.4 Å². The number of hydrogen-bond acceptors (Lipinski definition) is 12. The molecule has 2 heterocycles. The molecule has 6 aromatic carbocycles. The molecule has 4 atom stereocenters. The number of sulfonamides is 2. The van der Waals surface area contributed by atoms with E-state index in [1.165, 1.54) is 58.7 Å². The van der Waals surface area contributed by atoms with Gasteiger partial charge in [0.15, 0.2) is 11.5 Å². The van der Waals surface area contributed by atoms with Gasteiger partial charge < -0.3 is 29.9 Å². The van der Waals surface area contributed by atoms with Crippen molar-refractivity contribution >= 4 is 49.4 Å². The lowest BCUT2D eigenvalue weighted by Crippen LogP contribution is -2.61. The first-order chi connectivity index (χ1) is 36.9. The van der Waals surface area contributed by atoms with Crippen LogP contribution in [0.5, 0.6) is 11.5 Å². The van der Waals surface area contributed by atoms with E-state index < -0.39 is 48.9 Å². The van der Waals surface area contributed by atoms with Crippen LogP contribution in [0.4, 0.5) is 5.69 Å². The van der Waals surface area contributed by atoms with Crippen LogP contribution in [0.2, 0.25) is 0 Å². The Morgan fingerprint density at radius 1 is 0.545 bits per heavy atom. The molecule has 404 valence electrons. The van der Waals surface area contributed by atoms with E-state index in [-0.39, 0.29) is 84.1 Å². The lowest BCUT2D eigenvalue weighted by molar-refractivity contribution is -0.384. The SMILES string of the molecule is CC(CNC(=O)C1CN(S(=O)(=O)c2ccc([N+](=O)[O-])cc2)CCN1C(=O)c1ccccc1)c1ccccc1.COc1ccc(S(=O)(=O)N2CCN(C(=O)c3ccccc3)C(C(=O)NCC(C)c3ccccc3)C2)cc1OC. The first-order valence-electron chi connectivity index (χ1n) is 24.8. The third-order valence-corrected chi connectivity index (χ3v) is 17.2. The molecule has 4 amide bonds. The van der Waals surface area contributed by atoms with E-state index in [4.69, 9.17) is 9.47 Å². The van der Waals surface area contributed by atoms with E-state index in [2.05, 4.69) is 10.6 Å². The summed E-state index contributed by atoms with van der Waals surface area (Å²) in [5.74, 6) is -0.843.